The molecule has 0 aliphatic heterocycles. The van der Waals surface area contributed by atoms with Gasteiger partial charge in [-0.2, -0.15) is 0 Å². The summed E-state index contributed by atoms with van der Waals surface area (Å²) in [6.07, 6.45) is 3.27. The zero-order valence-electron chi connectivity index (χ0n) is 14.5. The van der Waals surface area contributed by atoms with Crippen molar-refractivity contribution in [2.45, 2.75) is 38.0 Å². The molecule has 1 aliphatic carbocycles. The lowest BCUT2D eigenvalue weighted by Gasteiger charge is -2.12. The van der Waals surface area contributed by atoms with Gasteiger partial charge < -0.3 is 10.1 Å². The van der Waals surface area contributed by atoms with E-state index in [-0.39, 0.29) is 10.8 Å². The number of rotatable bonds is 9. The summed E-state index contributed by atoms with van der Waals surface area (Å²) in [4.78, 5) is 12.4. The van der Waals surface area contributed by atoms with Crippen LogP contribution in [0, 0.1) is 19.8 Å². The summed E-state index contributed by atoms with van der Waals surface area (Å²) in [5, 5.41) is 2.81. The number of benzene rings is 1. The maximum atomic E-state index is 12.3. The Hall–Kier alpha value is -1.44. The Morgan fingerprint density at radius 1 is 1.29 bits per heavy atom. The minimum absolute atomic E-state index is 0.142. The monoisotopic (exact) mass is 354 g/mol. The second-order valence-electron chi connectivity index (χ2n) is 6.25. The molecule has 1 fully saturated rings. The van der Waals surface area contributed by atoms with Crippen molar-refractivity contribution in [3.05, 3.63) is 28.8 Å². The second-order valence-corrected chi connectivity index (χ2v) is 8.11. The van der Waals surface area contributed by atoms with E-state index < -0.39 is 10.0 Å². The molecule has 1 saturated carbocycles. The largest absolute Gasteiger partial charge is 0.381 e. The van der Waals surface area contributed by atoms with Gasteiger partial charge in [-0.1, -0.05) is 0 Å². The molecule has 0 bridgehead atoms. The van der Waals surface area contributed by atoms with Crippen molar-refractivity contribution in [1.82, 2.24) is 10.0 Å². The molecule has 2 rings (SSSR count). The van der Waals surface area contributed by atoms with Crippen LogP contribution in [0.4, 0.5) is 0 Å². The van der Waals surface area contributed by atoms with Crippen molar-refractivity contribution in [2.24, 2.45) is 5.92 Å². The Balaban J connectivity index is 1.93. The molecular formula is C17H26N2O4S. The average Bonchev–Trinajstić information content (AvgIpc) is 3.37. The average molecular weight is 354 g/mol. The fourth-order valence-electron chi connectivity index (χ4n) is 2.36. The number of ether oxygens (including phenoxy) is 1. The van der Waals surface area contributed by atoms with Gasteiger partial charge in [0.15, 0.2) is 0 Å². The number of carbonyl (C=O) groups is 1. The summed E-state index contributed by atoms with van der Waals surface area (Å²) >= 11 is 0. The second kappa shape index (κ2) is 8.09. The van der Waals surface area contributed by atoms with Crippen LogP contribution in [-0.2, 0) is 14.8 Å². The van der Waals surface area contributed by atoms with Crippen LogP contribution in [0.1, 0.15) is 40.7 Å². The zero-order valence-corrected chi connectivity index (χ0v) is 15.3. The molecule has 1 aliphatic rings. The molecule has 0 radical (unpaired) electrons. The molecule has 0 spiro atoms. The molecule has 1 amide bonds. The number of carbonyl (C=O) groups excluding carboxylic acids is 1. The van der Waals surface area contributed by atoms with Gasteiger partial charge in [0.05, 0.1) is 4.90 Å². The highest BCUT2D eigenvalue weighted by Crippen LogP contribution is 2.28. The van der Waals surface area contributed by atoms with E-state index in [1.807, 2.05) is 0 Å². The Labute approximate surface area is 144 Å². The van der Waals surface area contributed by atoms with Crippen LogP contribution in [0.5, 0.6) is 0 Å². The third-order valence-electron chi connectivity index (χ3n) is 4.24. The van der Waals surface area contributed by atoms with Crippen molar-refractivity contribution in [1.29, 1.82) is 0 Å². The summed E-state index contributed by atoms with van der Waals surface area (Å²) in [6.45, 7) is 5.48. The molecular weight excluding hydrogens is 328 g/mol. The fraction of sp³-hybridized carbons (Fsp3) is 0.588. The Morgan fingerprint density at radius 2 is 2.00 bits per heavy atom. The van der Waals surface area contributed by atoms with Gasteiger partial charge in [0.25, 0.3) is 5.91 Å². The molecule has 2 N–H and O–H groups in total. The lowest BCUT2D eigenvalue weighted by molar-refractivity contribution is 0.0937. The van der Waals surface area contributed by atoms with E-state index in [1.54, 1.807) is 19.9 Å². The summed E-state index contributed by atoms with van der Waals surface area (Å²) < 4.78 is 32.0. The predicted molar refractivity (Wildman–Crippen MR) is 92.7 cm³/mol. The van der Waals surface area contributed by atoms with Crippen molar-refractivity contribution in [2.75, 3.05) is 26.8 Å². The smallest absolute Gasteiger partial charge is 0.251 e. The summed E-state index contributed by atoms with van der Waals surface area (Å²) in [5.74, 6) is 0.468. The molecule has 0 heterocycles. The number of nitrogens with one attached hydrogen (secondary N) is 2. The highest BCUT2D eigenvalue weighted by molar-refractivity contribution is 7.89. The predicted octanol–water partition coefficient (Wildman–Crippen LogP) is 1.76. The number of aryl methyl sites for hydroxylation is 1. The van der Waals surface area contributed by atoms with Gasteiger partial charge in [-0.15, -0.1) is 0 Å². The first-order valence-electron chi connectivity index (χ1n) is 8.26. The van der Waals surface area contributed by atoms with Crippen LogP contribution >= 0.6 is 0 Å². The third kappa shape index (κ3) is 5.03. The van der Waals surface area contributed by atoms with Gasteiger partial charge in [0, 0.05) is 25.3 Å². The quantitative estimate of drug-likeness (QED) is 0.662. The van der Waals surface area contributed by atoms with Crippen LogP contribution < -0.4 is 10.0 Å². The van der Waals surface area contributed by atoms with Crippen molar-refractivity contribution in [3.63, 3.8) is 0 Å². The maximum Gasteiger partial charge on any atom is 0.251 e. The Bertz CT molecular complexity index is 697. The number of hydrogen-bond acceptors (Lipinski definition) is 4. The minimum Gasteiger partial charge on any atom is -0.381 e. The van der Waals surface area contributed by atoms with E-state index >= 15 is 0 Å². The normalized spacial score (nSPS) is 14.6. The fourth-order valence-corrected chi connectivity index (χ4v) is 3.43. The zero-order chi connectivity index (χ0) is 17.7. The summed E-state index contributed by atoms with van der Waals surface area (Å²) in [7, 11) is -2.23. The lowest BCUT2D eigenvalue weighted by atomic mass is 10.1. The van der Waals surface area contributed by atoms with Crippen molar-refractivity contribution in [3.8, 4) is 0 Å². The van der Waals surface area contributed by atoms with Gasteiger partial charge in [-0.05, 0) is 69.3 Å². The molecule has 24 heavy (non-hydrogen) atoms. The molecule has 1 aromatic rings. The van der Waals surface area contributed by atoms with Crippen molar-refractivity contribution < 1.29 is 17.9 Å². The van der Waals surface area contributed by atoms with Crippen LogP contribution in [-0.4, -0.2) is 41.1 Å². The summed E-state index contributed by atoms with van der Waals surface area (Å²) in [5.41, 5.74) is 1.77. The molecule has 7 heteroatoms. The number of amides is 1. The van der Waals surface area contributed by atoms with Crippen LogP contribution in [0.3, 0.4) is 0 Å². The lowest BCUT2D eigenvalue weighted by Crippen LogP contribution is -2.26. The van der Waals surface area contributed by atoms with Crippen LogP contribution in [0.25, 0.3) is 0 Å². The van der Waals surface area contributed by atoms with Gasteiger partial charge in [-0.25, -0.2) is 13.1 Å². The first kappa shape index (κ1) is 18.9. The molecule has 0 atom stereocenters. The van der Waals surface area contributed by atoms with Gasteiger partial charge in [0.2, 0.25) is 10.0 Å². The van der Waals surface area contributed by atoms with E-state index in [9.17, 15) is 13.2 Å². The Morgan fingerprint density at radius 3 is 2.62 bits per heavy atom. The molecule has 0 unspecified atom stereocenters. The molecule has 0 saturated heterocycles. The van der Waals surface area contributed by atoms with E-state index in [1.165, 1.54) is 26.0 Å². The maximum absolute atomic E-state index is 12.3. The minimum atomic E-state index is -3.59. The van der Waals surface area contributed by atoms with E-state index in [0.29, 0.717) is 24.3 Å². The summed E-state index contributed by atoms with van der Waals surface area (Å²) in [6, 6.07) is 3.13. The first-order valence-corrected chi connectivity index (χ1v) is 9.74. The van der Waals surface area contributed by atoms with E-state index in [2.05, 4.69) is 10.0 Å². The van der Waals surface area contributed by atoms with Gasteiger partial charge in [0.1, 0.15) is 0 Å². The third-order valence-corrected chi connectivity index (χ3v) is 5.78. The number of hydrogen-bond donors (Lipinski definition) is 2. The SMILES string of the molecule is CNS(=O)(=O)c1cc(C(=O)NCCCOCC2CC2)cc(C)c1C. The highest BCUT2D eigenvalue weighted by Gasteiger charge is 2.21. The molecule has 1 aromatic carbocycles. The molecule has 134 valence electrons. The topological polar surface area (TPSA) is 84.5 Å². The number of sulfonamides is 1. The molecule has 6 nitrogen and oxygen atoms in total. The van der Waals surface area contributed by atoms with Gasteiger partial charge >= 0.3 is 0 Å². The molecule has 0 aromatic heterocycles. The first-order chi connectivity index (χ1) is 11.3. The van der Waals surface area contributed by atoms with Gasteiger partial charge in [-0.3, -0.25) is 4.79 Å². The standard InChI is InChI=1S/C17H26N2O4S/c1-12-9-15(10-16(13(12)2)24(21,22)18-3)17(20)19-7-4-8-23-11-14-5-6-14/h9-10,14,18H,4-8,11H2,1-3H3,(H,19,20). The van der Waals surface area contributed by atoms with E-state index in [0.717, 1.165) is 24.5 Å². The Kier molecular flexibility index (Phi) is 6.37. The van der Waals surface area contributed by atoms with Crippen LogP contribution in [0.2, 0.25) is 0 Å². The van der Waals surface area contributed by atoms with Crippen molar-refractivity contribution >= 4 is 15.9 Å². The highest BCUT2D eigenvalue weighted by atomic mass is 32.2. The van der Waals surface area contributed by atoms with Crippen LogP contribution in [0.15, 0.2) is 17.0 Å². The van der Waals surface area contributed by atoms with E-state index in [4.69, 9.17) is 4.74 Å².